The Morgan fingerprint density at radius 1 is 0.481 bits per heavy atom. The van der Waals surface area contributed by atoms with Crippen LogP contribution in [0.5, 0.6) is 23.0 Å². The van der Waals surface area contributed by atoms with E-state index < -0.39 is 29.3 Å². The second-order valence-electron chi connectivity index (χ2n) is 4.85. The molecule has 2 heterocycles. The van der Waals surface area contributed by atoms with E-state index in [1.54, 1.807) is 24.3 Å². The molecule has 0 unspecified atom stereocenters. The van der Waals surface area contributed by atoms with Crippen LogP contribution in [0.2, 0.25) is 0 Å². The molecule has 0 atom stereocenters. The highest BCUT2D eigenvalue weighted by Crippen LogP contribution is 2.22. The summed E-state index contributed by atoms with van der Waals surface area (Å²) in [7, 11) is -5.20. The molecule has 2 aliphatic heterocycles. The first-order valence-corrected chi connectivity index (χ1v) is 7.42. The van der Waals surface area contributed by atoms with Gasteiger partial charge in [0.2, 0.25) is 0 Å². The molecule has 2 aromatic rings. The molecule has 0 saturated carbocycles. The molecule has 2 aliphatic rings. The molecule has 2 aromatic carbocycles. The van der Waals surface area contributed by atoms with E-state index >= 15 is 0 Å². The molecule has 4 rings (SSSR count). The molecule has 27 heavy (non-hydrogen) atoms. The zero-order valence-corrected chi connectivity index (χ0v) is 13.7. The smallest absolute Gasteiger partial charge is 0.504 e. The molecule has 0 spiro atoms. The fourth-order valence-corrected chi connectivity index (χ4v) is 1.66. The summed E-state index contributed by atoms with van der Waals surface area (Å²) in [6, 6.07) is 12.3. The van der Waals surface area contributed by atoms with Crippen molar-refractivity contribution in [1.29, 1.82) is 0 Å². The normalized spacial score (nSPS) is 15.3. The van der Waals surface area contributed by atoms with Gasteiger partial charge in [-0.05, 0) is 24.3 Å². The van der Waals surface area contributed by atoms with Gasteiger partial charge in [-0.15, -0.1) is 0 Å². The number of hydrogen-bond donors (Lipinski definition) is 6. The van der Waals surface area contributed by atoms with Crippen LogP contribution in [0, 0.1) is 0 Å². The van der Waals surface area contributed by atoms with Gasteiger partial charge in [-0.25, -0.2) is 0 Å². The number of fused-ring (bicyclic) bond motifs is 2. The van der Waals surface area contributed by atoms with Crippen LogP contribution >= 0.6 is 0 Å². The minimum absolute atomic E-state index is 0.0764. The zero-order valence-electron chi connectivity index (χ0n) is 13.7. The van der Waals surface area contributed by atoms with Gasteiger partial charge >= 0.3 is 29.3 Å². The summed E-state index contributed by atoms with van der Waals surface area (Å²) in [5, 5.41) is 52.1. The molecule has 0 radical (unpaired) electrons. The molecule has 0 aliphatic carbocycles. The van der Waals surface area contributed by atoms with Crippen molar-refractivity contribution < 1.29 is 53.3 Å². The van der Waals surface area contributed by atoms with Crippen LogP contribution in [0.1, 0.15) is 0 Å². The van der Waals surface area contributed by atoms with Crippen molar-refractivity contribution >= 4 is 29.3 Å². The van der Waals surface area contributed by atoms with Crippen LogP contribution in [-0.4, -0.2) is 59.8 Å². The molecule has 2 saturated heterocycles. The van der Waals surface area contributed by atoms with Crippen LogP contribution in [0.25, 0.3) is 0 Å². The number of hydrogen-bond acceptors (Lipinski definition) is 11. The Morgan fingerprint density at radius 2 is 0.741 bits per heavy atom. The maximum Gasteiger partial charge on any atom is 0.612 e. The van der Waals surface area contributed by atoms with E-state index in [0.29, 0.717) is 0 Å². The zero-order chi connectivity index (χ0) is 19.8. The fraction of sp³-hybridized carbons (Fsp3) is 0. The molecule has 2 fully saturated rings. The molecule has 6 N–H and O–H groups in total. The second kappa shape index (κ2) is 10.1. The van der Waals surface area contributed by atoms with E-state index in [9.17, 15) is 0 Å². The van der Waals surface area contributed by atoms with Crippen molar-refractivity contribution in [1.82, 2.24) is 0 Å². The van der Waals surface area contributed by atoms with E-state index in [1.165, 1.54) is 24.3 Å². The summed E-state index contributed by atoms with van der Waals surface area (Å²) in [6.07, 6.45) is 0. The molecular weight excluding hydrogens is 363 g/mol. The molecular formula is C12H14B4O11. The highest BCUT2D eigenvalue weighted by atomic mass is 16.9. The van der Waals surface area contributed by atoms with Crippen molar-refractivity contribution in [2.24, 2.45) is 0 Å². The molecule has 2 bridgehead atoms. The highest BCUT2D eigenvalue weighted by molar-refractivity contribution is 6.74. The quantitative estimate of drug-likeness (QED) is 0.251. The Bertz CT molecular complexity index is 604. The summed E-state index contributed by atoms with van der Waals surface area (Å²) < 4.78 is 22.6. The van der Waals surface area contributed by atoms with Gasteiger partial charge < -0.3 is 53.3 Å². The third-order valence-electron chi connectivity index (χ3n) is 2.90. The molecule has 0 amide bonds. The molecule has 140 valence electrons. The van der Waals surface area contributed by atoms with E-state index in [-0.39, 0.29) is 23.0 Å². The van der Waals surface area contributed by atoms with Gasteiger partial charge in [0.15, 0.2) is 23.0 Å². The first-order valence-electron chi connectivity index (χ1n) is 7.42. The third kappa shape index (κ3) is 7.03. The number of aromatic hydroxyl groups is 4. The first kappa shape index (κ1) is 20.9. The SMILES string of the molecule is OB1OB2OB(O)OB(O1)O2.Oc1ccccc1O.Oc1ccccc1O. The summed E-state index contributed by atoms with van der Waals surface area (Å²) >= 11 is 0. The van der Waals surface area contributed by atoms with Crippen molar-refractivity contribution in [3.05, 3.63) is 48.5 Å². The predicted molar refractivity (Wildman–Crippen MR) is 92.4 cm³/mol. The Labute approximate surface area is 155 Å². The molecule has 0 aromatic heterocycles. The van der Waals surface area contributed by atoms with Crippen LogP contribution in [0.3, 0.4) is 0 Å². The number of phenols is 4. The van der Waals surface area contributed by atoms with E-state index in [1.807, 2.05) is 0 Å². The minimum atomic E-state index is -1.45. The highest BCUT2D eigenvalue weighted by Gasteiger charge is 2.52. The Hall–Kier alpha value is -2.38. The van der Waals surface area contributed by atoms with Crippen LogP contribution < -0.4 is 0 Å². The first-order chi connectivity index (χ1) is 12.8. The minimum Gasteiger partial charge on any atom is -0.504 e. The van der Waals surface area contributed by atoms with Crippen LogP contribution in [0.4, 0.5) is 0 Å². The van der Waals surface area contributed by atoms with Crippen LogP contribution in [0.15, 0.2) is 48.5 Å². The van der Waals surface area contributed by atoms with Crippen molar-refractivity contribution in [2.45, 2.75) is 0 Å². The predicted octanol–water partition coefficient (Wildman–Crippen LogP) is -0.784. The lowest BCUT2D eigenvalue weighted by Gasteiger charge is -2.31. The lowest BCUT2D eigenvalue weighted by molar-refractivity contribution is 0.0834. The van der Waals surface area contributed by atoms with Crippen LogP contribution in [-0.2, 0) is 22.9 Å². The Kier molecular flexibility index (Phi) is 7.81. The maximum absolute atomic E-state index is 8.74. The summed E-state index contributed by atoms with van der Waals surface area (Å²) in [4.78, 5) is 0. The van der Waals surface area contributed by atoms with Gasteiger partial charge in [0.25, 0.3) is 0 Å². The summed E-state index contributed by atoms with van der Waals surface area (Å²) in [5.41, 5.74) is 0. The fourth-order valence-electron chi connectivity index (χ4n) is 1.66. The van der Waals surface area contributed by atoms with Gasteiger partial charge in [0.1, 0.15) is 0 Å². The second-order valence-corrected chi connectivity index (χ2v) is 4.85. The van der Waals surface area contributed by atoms with E-state index in [4.69, 9.17) is 30.5 Å². The maximum atomic E-state index is 8.74. The largest absolute Gasteiger partial charge is 0.612 e. The van der Waals surface area contributed by atoms with Gasteiger partial charge in [0, 0.05) is 0 Å². The molecule has 15 heteroatoms. The van der Waals surface area contributed by atoms with Gasteiger partial charge in [-0.1, -0.05) is 24.3 Å². The van der Waals surface area contributed by atoms with E-state index in [0.717, 1.165) is 0 Å². The Morgan fingerprint density at radius 3 is 0.963 bits per heavy atom. The molecule has 11 nitrogen and oxygen atoms in total. The third-order valence-corrected chi connectivity index (χ3v) is 2.90. The van der Waals surface area contributed by atoms with Crippen molar-refractivity contribution in [3.63, 3.8) is 0 Å². The number of rotatable bonds is 0. The summed E-state index contributed by atoms with van der Waals surface area (Å²) in [5.74, 6) is -0.306. The van der Waals surface area contributed by atoms with Gasteiger partial charge in [0.05, 0.1) is 0 Å². The van der Waals surface area contributed by atoms with Gasteiger partial charge in [-0.3, -0.25) is 0 Å². The lowest BCUT2D eigenvalue weighted by atomic mass is 9.90. The Balaban J connectivity index is 0.000000149. The van der Waals surface area contributed by atoms with Gasteiger partial charge in [-0.2, -0.15) is 0 Å². The average Bonchev–Trinajstić information content (AvgIpc) is 2.60. The monoisotopic (exact) mass is 378 g/mol. The number of benzene rings is 2. The van der Waals surface area contributed by atoms with Crippen molar-refractivity contribution in [3.8, 4) is 23.0 Å². The summed E-state index contributed by atoms with van der Waals surface area (Å²) in [6.45, 7) is 0. The lowest BCUT2D eigenvalue weighted by Crippen LogP contribution is -2.59. The number of para-hydroxylation sites is 4. The topological polar surface area (TPSA) is 168 Å². The standard InChI is InChI=1S/2C6H6O2.B4H2O7/c2*7-5-3-1-2-4-6(5)8;5-1-7-3-9-2(6)10-4(8-1)11-3/h2*1-4,7-8H;5-6H. The average molecular weight is 377 g/mol. The van der Waals surface area contributed by atoms with Crippen molar-refractivity contribution in [2.75, 3.05) is 0 Å². The van der Waals surface area contributed by atoms with E-state index in [2.05, 4.69) is 22.9 Å². The number of phenolic OH excluding ortho intramolecular Hbond substituents is 4.